The zero-order valence-corrected chi connectivity index (χ0v) is 12.0. The third kappa shape index (κ3) is 2.79. The Morgan fingerprint density at radius 3 is 2.84 bits per heavy atom. The number of benzene rings is 1. The van der Waals surface area contributed by atoms with Gasteiger partial charge in [-0.3, -0.25) is 4.68 Å². The van der Waals surface area contributed by atoms with E-state index in [1.807, 2.05) is 30.9 Å². The second-order valence-corrected chi connectivity index (χ2v) is 4.56. The summed E-state index contributed by atoms with van der Waals surface area (Å²) in [5, 5.41) is 7.88. The lowest BCUT2D eigenvalue weighted by atomic mass is 9.98. The van der Waals surface area contributed by atoms with E-state index in [1.165, 1.54) is 11.1 Å². The van der Waals surface area contributed by atoms with Crippen molar-refractivity contribution in [1.82, 2.24) is 15.1 Å². The molecule has 0 radical (unpaired) electrons. The molecule has 1 heterocycles. The fraction of sp³-hybridized carbons (Fsp3) is 0.400. The van der Waals surface area contributed by atoms with Gasteiger partial charge < -0.3 is 10.1 Å². The zero-order valence-electron chi connectivity index (χ0n) is 12.0. The molecule has 2 aromatic rings. The second-order valence-electron chi connectivity index (χ2n) is 4.56. The Morgan fingerprint density at radius 2 is 2.21 bits per heavy atom. The number of nitrogens with one attached hydrogen (secondary N) is 1. The Labute approximate surface area is 114 Å². The monoisotopic (exact) mass is 259 g/mol. The van der Waals surface area contributed by atoms with Gasteiger partial charge in [0.2, 0.25) is 0 Å². The van der Waals surface area contributed by atoms with E-state index < -0.39 is 0 Å². The molecule has 19 heavy (non-hydrogen) atoms. The first-order valence-electron chi connectivity index (χ1n) is 6.53. The van der Waals surface area contributed by atoms with Crippen LogP contribution in [0.2, 0.25) is 0 Å². The van der Waals surface area contributed by atoms with Crippen molar-refractivity contribution in [3.05, 3.63) is 47.3 Å². The molecule has 0 amide bonds. The Kier molecular flexibility index (Phi) is 4.22. The van der Waals surface area contributed by atoms with Crippen LogP contribution < -0.4 is 10.1 Å². The van der Waals surface area contributed by atoms with E-state index in [0.29, 0.717) is 0 Å². The summed E-state index contributed by atoms with van der Waals surface area (Å²) in [5.41, 5.74) is 3.54. The molecule has 102 valence electrons. The van der Waals surface area contributed by atoms with Crippen LogP contribution in [0.15, 0.2) is 30.5 Å². The minimum atomic E-state index is 0.138. The van der Waals surface area contributed by atoms with Gasteiger partial charge in [-0.05, 0) is 31.2 Å². The first-order valence-corrected chi connectivity index (χ1v) is 6.53. The lowest BCUT2D eigenvalue weighted by Gasteiger charge is -2.17. The molecule has 1 atom stereocenters. The highest BCUT2D eigenvalue weighted by molar-refractivity contribution is 5.37. The largest absolute Gasteiger partial charge is 0.497 e. The van der Waals surface area contributed by atoms with Crippen molar-refractivity contribution in [1.29, 1.82) is 0 Å². The standard InChI is InChI=1S/C15H21N3O/c1-5-14-13(10-18(3)17-14)15(16-2)11-7-6-8-12(9-11)19-4/h6-10,15-16H,5H2,1-4H3. The molecule has 1 N–H and O–H groups in total. The molecule has 0 spiro atoms. The van der Waals surface area contributed by atoms with Crippen molar-refractivity contribution in [3.8, 4) is 5.75 Å². The van der Waals surface area contributed by atoms with Crippen molar-refractivity contribution >= 4 is 0 Å². The van der Waals surface area contributed by atoms with Gasteiger partial charge in [0, 0.05) is 18.8 Å². The van der Waals surface area contributed by atoms with E-state index in [9.17, 15) is 0 Å². The van der Waals surface area contributed by atoms with Gasteiger partial charge in [-0.15, -0.1) is 0 Å². The minimum absolute atomic E-state index is 0.138. The molecule has 2 rings (SSSR count). The molecule has 1 aromatic heterocycles. The molecule has 4 heteroatoms. The maximum Gasteiger partial charge on any atom is 0.119 e. The lowest BCUT2D eigenvalue weighted by Crippen LogP contribution is -2.18. The quantitative estimate of drug-likeness (QED) is 0.895. The van der Waals surface area contributed by atoms with Crippen LogP contribution >= 0.6 is 0 Å². The number of aromatic nitrogens is 2. The average molecular weight is 259 g/mol. The SMILES string of the molecule is CCc1nn(C)cc1C(NC)c1cccc(OC)c1. The summed E-state index contributed by atoms with van der Waals surface area (Å²) in [5.74, 6) is 0.875. The first kappa shape index (κ1) is 13.6. The maximum absolute atomic E-state index is 5.30. The molecule has 0 bridgehead atoms. The molecular formula is C15H21N3O. The highest BCUT2D eigenvalue weighted by Crippen LogP contribution is 2.27. The van der Waals surface area contributed by atoms with Crippen molar-refractivity contribution in [3.63, 3.8) is 0 Å². The Morgan fingerprint density at radius 1 is 1.42 bits per heavy atom. The number of aryl methyl sites for hydroxylation is 2. The molecule has 0 aliphatic rings. The third-order valence-corrected chi connectivity index (χ3v) is 3.30. The predicted molar refractivity (Wildman–Crippen MR) is 76.5 cm³/mol. The topological polar surface area (TPSA) is 39.1 Å². The lowest BCUT2D eigenvalue weighted by molar-refractivity contribution is 0.413. The predicted octanol–water partition coefficient (Wildman–Crippen LogP) is 2.30. The van der Waals surface area contributed by atoms with Gasteiger partial charge in [-0.1, -0.05) is 19.1 Å². The van der Waals surface area contributed by atoms with Crippen LogP contribution in [0.4, 0.5) is 0 Å². The second kappa shape index (κ2) is 5.89. The van der Waals surface area contributed by atoms with Gasteiger partial charge in [0.25, 0.3) is 0 Å². The van der Waals surface area contributed by atoms with E-state index in [1.54, 1.807) is 7.11 Å². The van der Waals surface area contributed by atoms with Crippen LogP contribution in [-0.2, 0) is 13.5 Å². The van der Waals surface area contributed by atoms with Crippen LogP contribution in [0.5, 0.6) is 5.75 Å². The highest BCUT2D eigenvalue weighted by Gasteiger charge is 2.18. The van der Waals surface area contributed by atoms with Crippen molar-refractivity contribution in [2.45, 2.75) is 19.4 Å². The number of nitrogens with zero attached hydrogens (tertiary/aromatic N) is 2. The Hall–Kier alpha value is -1.81. The average Bonchev–Trinajstić information content (AvgIpc) is 2.81. The molecule has 1 aromatic carbocycles. The summed E-state index contributed by atoms with van der Waals surface area (Å²) in [7, 11) is 5.62. The molecule has 0 aliphatic heterocycles. The van der Waals surface area contributed by atoms with Gasteiger partial charge in [-0.25, -0.2) is 0 Å². The zero-order chi connectivity index (χ0) is 13.8. The van der Waals surface area contributed by atoms with Gasteiger partial charge in [0.05, 0.1) is 18.8 Å². The molecule has 0 aliphatic carbocycles. The van der Waals surface area contributed by atoms with E-state index in [2.05, 4.69) is 35.7 Å². The number of hydrogen-bond donors (Lipinski definition) is 1. The number of methoxy groups -OCH3 is 1. The fourth-order valence-electron chi connectivity index (χ4n) is 2.39. The summed E-state index contributed by atoms with van der Waals surface area (Å²) in [6.07, 6.45) is 3.01. The minimum Gasteiger partial charge on any atom is -0.497 e. The molecule has 1 unspecified atom stereocenters. The summed E-state index contributed by atoms with van der Waals surface area (Å²) in [6.45, 7) is 2.13. The van der Waals surface area contributed by atoms with Crippen LogP contribution in [0, 0.1) is 0 Å². The molecule has 0 fully saturated rings. The van der Waals surface area contributed by atoms with Crippen LogP contribution in [0.25, 0.3) is 0 Å². The first-order chi connectivity index (χ1) is 9.19. The Bertz CT molecular complexity index is 548. The highest BCUT2D eigenvalue weighted by atomic mass is 16.5. The van der Waals surface area contributed by atoms with Crippen LogP contribution in [0.3, 0.4) is 0 Å². The molecule has 0 saturated heterocycles. The summed E-state index contributed by atoms with van der Waals surface area (Å²) < 4.78 is 7.17. The third-order valence-electron chi connectivity index (χ3n) is 3.30. The number of ether oxygens (including phenoxy) is 1. The molecular weight excluding hydrogens is 238 g/mol. The van der Waals surface area contributed by atoms with E-state index in [0.717, 1.165) is 17.9 Å². The summed E-state index contributed by atoms with van der Waals surface area (Å²) in [4.78, 5) is 0. The fourth-order valence-corrected chi connectivity index (χ4v) is 2.39. The van der Waals surface area contributed by atoms with Crippen molar-refractivity contribution in [2.75, 3.05) is 14.2 Å². The van der Waals surface area contributed by atoms with Gasteiger partial charge in [-0.2, -0.15) is 5.10 Å². The van der Waals surface area contributed by atoms with E-state index >= 15 is 0 Å². The number of rotatable bonds is 5. The van der Waals surface area contributed by atoms with Crippen molar-refractivity contribution < 1.29 is 4.74 Å². The van der Waals surface area contributed by atoms with Crippen molar-refractivity contribution in [2.24, 2.45) is 7.05 Å². The van der Waals surface area contributed by atoms with Gasteiger partial charge in [0.1, 0.15) is 5.75 Å². The summed E-state index contributed by atoms with van der Waals surface area (Å²) in [6, 6.07) is 8.28. The summed E-state index contributed by atoms with van der Waals surface area (Å²) >= 11 is 0. The van der Waals surface area contributed by atoms with E-state index in [4.69, 9.17) is 4.74 Å². The smallest absolute Gasteiger partial charge is 0.119 e. The van der Waals surface area contributed by atoms with Gasteiger partial charge >= 0.3 is 0 Å². The molecule has 0 saturated carbocycles. The van der Waals surface area contributed by atoms with Gasteiger partial charge in [0.15, 0.2) is 0 Å². The molecule has 4 nitrogen and oxygen atoms in total. The maximum atomic E-state index is 5.30. The van der Waals surface area contributed by atoms with Crippen LogP contribution in [0.1, 0.15) is 29.8 Å². The van der Waals surface area contributed by atoms with Crippen LogP contribution in [-0.4, -0.2) is 23.9 Å². The Balaban J connectivity index is 2.43. The van der Waals surface area contributed by atoms with E-state index in [-0.39, 0.29) is 6.04 Å². The normalized spacial score (nSPS) is 12.4. The number of hydrogen-bond acceptors (Lipinski definition) is 3.